The Kier molecular flexibility index (Phi) is 3.97. The molecule has 0 N–H and O–H groups in total. The third kappa shape index (κ3) is 3.30. The Hall–Kier alpha value is -1.41. The van der Waals surface area contributed by atoms with Crippen molar-refractivity contribution in [1.29, 1.82) is 0 Å². The molecule has 0 saturated carbocycles. The van der Waals surface area contributed by atoms with Crippen molar-refractivity contribution >= 4 is 39.9 Å². The maximum absolute atomic E-state index is 10.7. The van der Waals surface area contributed by atoms with Crippen LogP contribution in [0.2, 0.25) is 5.15 Å². The van der Waals surface area contributed by atoms with E-state index in [-0.39, 0.29) is 16.7 Å². The topological polar surface area (TPSA) is 65.3 Å². The van der Waals surface area contributed by atoms with Gasteiger partial charge in [-0.3, -0.25) is 10.1 Å². The Morgan fingerprint density at radius 3 is 2.78 bits per heavy atom. The number of hydrogen-bond acceptors (Lipinski definition) is 4. The molecule has 0 atom stereocenters. The van der Waals surface area contributed by atoms with E-state index in [0.717, 1.165) is 3.57 Å². The van der Waals surface area contributed by atoms with Gasteiger partial charge in [-0.1, -0.05) is 17.7 Å². The first-order valence-electron chi connectivity index (χ1n) is 4.80. The zero-order valence-corrected chi connectivity index (χ0v) is 11.8. The van der Waals surface area contributed by atoms with Crippen molar-refractivity contribution in [3.8, 4) is 11.6 Å². The summed E-state index contributed by atoms with van der Waals surface area (Å²) >= 11 is 7.83. The average Bonchev–Trinajstić information content (AvgIpc) is 2.28. The van der Waals surface area contributed by atoms with Crippen LogP contribution in [-0.2, 0) is 0 Å². The molecule has 2 rings (SSSR count). The third-order valence-corrected chi connectivity index (χ3v) is 2.85. The van der Waals surface area contributed by atoms with Crippen LogP contribution in [0.5, 0.6) is 11.6 Å². The quantitative estimate of drug-likeness (QED) is 0.351. The van der Waals surface area contributed by atoms with Gasteiger partial charge in [0.15, 0.2) is 0 Å². The number of benzene rings is 1. The summed E-state index contributed by atoms with van der Waals surface area (Å²) in [5, 5.41) is 10.7. The van der Waals surface area contributed by atoms with E-state index in [1.165, 1.54) is 12.1 Å². The molecule has 0 bridgehead atoms. The minimum atomic E-state index is -0.546. The lowest BCUT2D eigenvalue weighted by atomic mass is 10.3. The number of ether oxygens (including phenoxy) is 1. The van der Waals surface area contributed by atoms with Crippen LogP contribution in [0.3, 0.4) is 0 Å². The van der Waals surface area contributed by atoms with E-state index >= 15 is 0 Å². The van der Waals surface area contributed by atoms with Gasteiger partial charge in [0.25, 0.3) is 5.69 Å². The molecule has 2 aromatic rings. The number of rotatable bonds is 3. The molecule has 0 aliphatic heterocycles. The SMILES string of the molecule is O=[N+]([O-])c1cc(Cl)nc(Oc2cccc(I)c2)c1. The largest absolute Gasteiger partial charge is 0.439 e. The van der Waals surface area contributed by atoms with Crippen molar-refractivity contribution in [2.45, 2.75) is 0 Å². The van der Waals surface area contributed by atoms with Gasteiger partial charge >= 0.3 is 0 Å². The van der Waals surface area contributed by atoms with E-state index in [4.69, 9.17) is 16.3 Å². The summed E-state index contributed by atoms with van der Waals surface area (Å²) in [4.78, 5) is 14.0. The molecule has 0 amide bonds. The molecule has 5 nitrogen and oxygen atoms in total. The lowest BCUT2D eigenvalue weighted by Gasteiger charge is -2.05. The molecule has 0 unspecified atom stereocenters. The lowest BCUT2D eigenvalue weighted by molar-refractivity contribution is -0.385. The smallest absolute Gasteiger partial charge is 0.277 e. The molecule has 1 heterocycles. The second kappa shape index (κ2) is 5.49. The zero-order chi connectivity index (χ0) is 13.1. The maximum Gasteiger partial charge on any atom is 0.277 e. The highest BCUT2D eigenvalue weighted by Crippen LogP contribution is 2.26. The molecule has 0 aliphatic carbocycles. The first-order valence-corrected chi connectivity index (χ1v) is 6.25. The van der Waals surface area contributed by atoms with Crippen LogP contribution in [-0.4, -0.2) is 9.91 Å². The Labute approximate surface area is 121 Å². The molecule has 7 heteroatoms. The first-order chi connectivity index (χ1) is 8.54. The van der Waals surface area contributed by atoms with Crippen molar-refractivity contribution < 1.29 is 9.66 Å². The summed E-state index contributed by atoms with van der Waals surface area (Å²) in [6.07, 6.45) is 0. The fourth-order valence-electron chi connectivity index (χ4n) is 1.27. The predicted molar refractivity (Wildman–Crippen MR) is 75.1 cm³/mol. The number of halogens is 2. The van der Waals surface area contributed by atoms with Gasteiger partial charge in [0.05, 0.1) is 17.1 Å². The Morgan fingerprint density at radius 1 is 1.33 bits per heavy atom. The van der Waals surface area contributed by atoms with Crippen molar-refractivity contribution in [3.05, 3.63) is 55.2 Å². The number of nitrogens with zero attached hydrogens (tertiary/aromatic N) is 2. The summed E-state index contributed by atoms with van der Waals surface area (Å²) in [6, 6.07) is 9.64. The number of pyridine rings is 1. The van der Waals surface area contributed by atoms with Crippen LogP contribution in [0.1, 0.15) is 0 Å². The van der Waals surface area contributed by atoms with E-state index in [9.17, 15) is 10.1 Å². The van der Waals surface area contributed by atoms with Gasteiger partial charge < -0.3 is 4.74 Å². The molecule has 1 aromatic heterocycles. The Bertz CT molecular complexity index is 607. The monoisotopic (exact) mass is 376 g/mol. The second-order valence-corrected chi connectivity index (χ2v) is 4.94. The average molecular weight is 377 g/mol. The highest BCUT2D eigenvalue weighted by atomic mass is 127. The molecule has 0 radical (unpaired) electrons. The maximum atomic E-state index is 10.7. The summed E-state index contributed by atoms with van der Waals surface area (Å²) < 4.78 is 6.41. The van der Waals surface area contributed by atoms with Crippen molar-refractivity contribution in [2.24, 2.45) is 0 Å². The molecular weight excluding hydrogens is 370 g/mol. The summed E-state index contributed by atoms with van der Waals surface area (Å²) in [5.74, 6) is 0.641. The molecule has 0 fully saturated rings. The molecule has 1 aromatic carbocycles. The molecule has 18 heavy (non-hydrogen) atoms. The highest BCUT2D eigenvalue weighted by Gasteiger charge is 2.11. The normalized spacial score (nSPS) is 10.1. The molecule has 0 aliphatic rings. The Balaban J connectivity index is 2.31. The summed E-state index contributed by atoms with van der Waals surface area (Å²) in [6.45, 7) is 0. The van der Waals surface area contributed by atoms with Gasteiger partial charge in [-0.15, -0.1) is 0 Å². The van der Waals surface area contributed by atoms with Gasteiger partial charge in [0.2, 0.25) is 5.88 Å². The standard InChI is InChI=1S/C11H6ClIN2O3/c12-10-5-8(15(16)17)6-11(14-10)18-9-3-1-2-7(13)4-9/h1-6H. The fraction of sp³-hybridized carbons (Fsp3) is 0. The third-order valence-electron chi connectivity index (χ3n) is 1.98. The van der Waals surface area contributed by atoms with Crippen LogP contribution in [0, 0.1) is 13.7 Å². The second-order valence-electron chi connectivity index (χ2n) is 3.30. The van der Waals surface area contributed by atoms with Gasteiger partial charge in [-0.2, -0.15) is 0 Å². The highest BCUT2D eigenvalue weighted by molar-refractivity contribution is 14.1. The van der Waals surface area contributed by atoms with Crippen molar-refractivity contribution in [3.63, 3.8) is 0 Å². The minimum absolute atomic E-state index is 0.0184. The minimum Gasteiger partial charge on any atom is -0.439 e. The molecular formula is C11H6ClIN2O3. The number of aromatic nitrogens is 1. The van der Waals surface area contributed by atoms with Crippen molar-refractivity contribution in [1.82, 2.24) is 4.98 Å². The summed E-state index contributed by atoms with van der Waals surface area (Å²) in [7, 11) is 0. The zero-order valence-electron chi connectivity index (χ0n) is 8.84. The fourth-order valence-corrected chi connectivity index (χ4v) is 1.98. The first kappa shape index (κ1) is 13.0. The molecule has 0 spiro atoms. The summed E-state index contributed by atoms with van der Waals surface area (Å²) in [5.41, 5.74) is -0.157. The molecule has 0 saturated heterocycles. The van der Waals surface area contributed by atoms with Crippen LogP contribution in [0.4, 0.5) is 5.69 Å². The van der Waals surface area contributed by atoms with E-state index in [0.29, 0.717) is 5.75 Å². The van der Waals surface area contributed by atoms with Crippen LogP contribution in [0.15, 0.2) is 36.4 Å². The predicted octanol–water partition coefficient (Wildman–Crippen LogP) is 4.04. The van der Waals surface area contributed by atoms with Crippen LogP contribution >= 0.6 is 34.2 Å². The van der Waals surface area contributed by atoms with E-state index < -0.39 is 4.92 Å². The Morgan fingerprint density at radius 2 is 2.11 bits per heavy atom. The van der Waals surface area contributed by atoms with Gasteiger partial charge in [-0.25, -0.2) is 4.98 Å². The molecule has 92 valence electrons. The number of hydrogen-bond donors (Lipinski definition) is 0. The van der Waals surface area contributed by atoms with Gasteiger partial charge in [-0.05, 0) is 40.8 Å². The van der Waals surface area contributed by atoms with Gasteiger partial charge in [0, 0.05) is 3.57 Å². The van der Waals surface area contributed by atoms with Crippen LogP contribution in [0.25, 0.3) is 0 Å². The van der Waals surface area contributed by atoms with E-state index in [1.807, 2.05) is 12.1 Å². The van der Waals surface area contributed by atoms with Crippen molar-refractivity contribution in [2.75, 3.05) is 0 Å². The lowest BCUT2D eigenvalue weighted by Crippen LogP contribution is -1.93. The van der Waals surface area contributed by atoms with E-state index in [2.05, 4.69) is 27.6 Å². The van der Waals surface area contributed by atoms with Gasteiger partial charge in [0.1, 0.15) is 10.9 Å². The number of nitro groups is 1. The van der Waals surface area contributed by atoms with Crippen LogP contribution < -0.4 is 4.74 Å². The van der Waals surface area contributed by atoms with E-state index in [1.54, 1.807) is 12.1 Å².